The van der Waals surface area contributed by atoms with Gasteiger partial charge in [-0.05, 0) is 38.1 Å². The SMILES string of the molecule is Cc1cccc(C(=O)Nc2cccc(-c3csc(C)n3)c2)c1. The topological polar surface area (TPSA) is 42.0 Å². The lowest BCUT2D eigenvalue weighted by molar-refractivity contribution is 0.102. The van der Waals surface area contributed by atoms with E-state index < -0.39 is 0 Å². The number of carbonyl (C=O) groups is 1. The summed E-state index contributed by atoms with van der Waals surface area (Å²) in [6.45, 7) is 3.96. The number of thiazole rings is 1. The van der Waals surface area contributed by atoms with E-state index in [9.17, 15) is 4.79 Å². The molecule has 0 saturated carbocycles. The van der Waals surface area contributed by atoms with Gasteiger partial charge in [0.2, 0.25) is 0 Å². The second-order valence-electron chi connectivity index (χ2n) is 5.16. The Labute approximate surface area is 133 Å². The third kappa shape index (κ3) is 3.23. The molecule has 3 nitrogen and oxygen atoms in total. The van der Waals surface area contributed by atoms with Crippen LogP contribution in [0, 0.1) is 13.8 Å². The van der Waals surface area contributed by atoms with Crippen LogP contribution in [0.15, 0.2) is 53.9 Å². The zero-order valence-corrected chi connectivity index (χ0v) is 13.3. The molecule has 3 rings (SSSR count). The number of aromatic nitrogens is 1. The molecule has 0 aliphatic carbocycles. The van der Waals surface area contributed by atoms with Gasteiger partial charge in [-0.15, -0.1) is 11.3 Å². The summed E-state index contributed by atoms with van der Waals surface area (Å²) < 4.78 is 0. The molecule has 2 aromatic carbocycles. The quantitative estimate of drug-likeness (QED) is 0.763. The fourth-order valence-corrected chi connectivity index (χ4v) is 2.86. The number of amides is 1. The number of aryl methyl sites for hydroxylation is 2. The van der Waals surface area contributed by atoms with Crippen molar-refractivity contribution >= 4 is 22.9 Å². The summed E-state index contributed by atoms with van der Waals surface area (Å²) in [6.07, 6.45) is 0. The molecule has 0 fully saturated rings. The zero-order valence-electron chi connectivity index (χ0n) is 12.5. The van der Waals surface area contributed by atoms with E-state index in [1.54, 1.807) is 11.3 Å². The Hall–Kier alpha value is -2.46. The van der Waals surface area contributed by atoms with Gasteiger partial charge >= 0.3 is 0 Å². The molecular formula is C18H16N2OS. The number of nitrogens with zero attached hydrogens (tertiary/aromatic N) is 1. The number of benzene rings is 2. The first-order valence-corrected chi connectivity index (χ1v) is 7.90. The van der Waals surface area contributed by atoms with Crippen LogP contribution in [0.1, 0.15) is 20.9 Å². The van der Waals surface area contributed by atoms with Crippen LogP contribution in [-0.2, 0) is 0 Å². The molecule has 0 spiro atoms. The van der Waals surface area contributed by atoms with Crippen LogP contribution in [0.4, 0.5) is 5.69 Å². The second-order valence-corrected chi connectivity index (χ2v) is 6.22. The van der Waals surface area contributed by atoms with E-state index in [1.807, 2.05) is 67.8 Å². The molecule has 1 heterocycles. The smallest absolute Gasteiger partial charge is 0.255 e. The molecule has 3 aromatic rings. The van der Waals surface area contributed by atoms with Crippen molar-refractivity contribution in [3.63, 3.8) is 0 Å². The van der Waals surface area contributed by atoms with Crippen molar-refractivity contribution in [2.24, 2.45) is 0 Å². The third-order valence-corrected chi connectivity index (χ3v) is 4.09. The first-order valence-electron chi connectivity index (χ1n) is 7.02. The predicted octanol–water partition coefficient (Wildman–Crippen LogP) is 4.68. The molecule has 0 radical (unpaired) electrons. The van der Waals surface area contributed by atoms with Gasteiger partial charge in [-0.2, -0.15) is 0 Å². The van der Waals surface area contributed by atoms with Gasteiger partial charge in [-0.1, -0.05) is 29.8 Å². The van der Waals surface area contributed by atoms with Crippen molar-refractivity contribution in [1.29, 1.82) is 0 Å². The highest BCUT2D eigenvalue weighted by Gasteiger charge is 2.08. The van der Waals surface area contributed by atoms with Crippen LogP contribution in [0.5, 0.6) is 0 Å². The maximum Gasteiger partial charge on any atom is 0.255 e. The summed E-state index contributed by atoms with van der Waals surface area (Å²) >= 11 is 1.62. The van der Waals surface area contributed by atoms with Gasteiger partial charge in [-0.3, -0.25) is 4.79 Å². The van der Waals surface area contributed by atoms with E-state index in [4.69, 9.17) is 0 Å². The summed E-state index contributed by atoms with van der Waals surface area (Å²) in [5.74, 6) is -0.102. The molecule has 1 N–H and O–H groups in total. The number of carbonyl (C=O) groups excluding carboxylic acids is 1. The molecule has 0 atom stereocenters. The van der Waals surface area contributed by atoms with E-state index in [0.29, 0.717) is 5.56 Å². The minimum Gasteiger partial charge on any atom is -0.322 e. The summed E-state index contributed by atoms with van der Waals surface area (Å²) in [6, 6.07) is 15.3. The Morgan fingerprint density at radius 2 is 1.91 bits per heavy atom. The molecule has 1 aromatic heterocycles. The lowest BCUT2D eigenvalue weighted by Crippen LogP contribution is -2.11. The average Bonchev–Trinajstić information content (AvgIpc) is 2.94. The standard InChI is InChI=1S/C18H16N2OS/c1-12-5-3-7-15(9-12)18(21)20-16-8-4-6-14(10-16)17-11-22-13(2)19-17/h3-11H,1-2H3,(H,20,21). The highest BCUT2D eigenvalue weighted by Crippen LogP contribution is 2.24. The molecule has 0 saturated heterocycles. The van der Waals surface area contributed by atoms with Gasteiger partial charge in [0.15, 0.2) is 0 Å². The van der Waals surface area contributed by atoms with Crippen molar-refractivity contribution in [2.45, 2.75) is 13.8 Å². The molecule has 0 aliphatic rings. The first-order chi connectivity index (χ1) is 10.6. The molecule has 0 unspecified atom stereocenters. The van der Waals surface area contributed by atoms with Gasteiger partial charge < -0.3 is 5.32 Å². The third-order valence-electron chi connectivity index (χ3n) is 3.32. The van der Waals surface area contributed by atoms with E-state index in [2.05, 4.69) is 10.3 Å². The minimum atomic E-state index is -0.102. The average molecular weight is 308 g/mol. The summed E-state index contributed by atoms with van der Waals surface area (Å²) in [5, 5.41) is 6.00. The fraction of sp³-hybridized carbons (Fsp3) is 0.111. The number of anilines is 1. The van der Waals surface area contributed by atoms with Gasteiger partial charge in [0, 0.05) is 22.2 Å². The Morgan fingerprint density at radius 3 is 2.64 bits per heavy atom. The molecule has 22 heavy (non-hydrogen) atoms. The van der Waals surface area contributed by atoms with Crippen LogP contribution in [-0.4, -0.2) is 10.9 Å². The van der Waals surface area contributed by atoms with Gasteiger partial charge in [0.05, 0.1) is 10.7 Å². The van der Waals surface area contributed by atoms with Gasteiger partial charge in [-0.25, -0.2) is 4.98 Å². The Balaban J connectivity index is 1.82. The lowest BCUT2D eigenvalue weighted by atomic mass is 10.1. The number of nitrogens with one attached hydrogen (secondary N) is 1. The fourth-order valence-electron chi connectivity index (χ4n) is 2.24. The van der Waals surface area contributed by atoms with E-state index >= 15 is 0 Å². The van der Waals surface area contributed by atoms with E-state index in [0.717, 1.165) is 27.5 Å². The maximum absolute atomic E-state index is 12.3. The Kier molecular flexibility index (Phi) is 4.02. The number of hydrogen-bond acceptors (Lipinski definition) is 3. The van der Waals surface area contributed by atoms with Crippen LogP contribution in [0.25, 0.3) is 11.3 Å². The maximum atomic E-state index is 12.3. The highest BCUT2D eigenvalue weighted by molar-refractivity contribution is 7.09. The van der Waals surface area contributed by atoms with E-state index in [1.165, 1.54) is 0 Å². The van der Waals surface area contributed by atoms with Crippen molar-refractivity contribution < 1.29 is 4.79 Å². The molecular weight excluding hydrogens is 292 g/mol. The van der Waals surface area contributed by atoms with Crippen LogP contribution in [0.3, 0.4) is 0 Å². The van der Waals surface area contributed by atoms with Gasteiger partial charge in [0.25, 0.3) is 5.91 Å². The second kappa shape index (κ2) is 6.12. The minimum absolute atomic E-state index is 0.102. The molecule has 4 heteroatoms. The highest BCUT2D eigenvalue weighted by atomic mass is 32.1. The zero-order chi connectivity index (χ0) is 15.5. The van der Waals surface area contributed by atoms with E-state index in [-0.39, 0.29) is 5.91 Å². The van der Waals surface area contributed by atoms with Crippen molar-refractivity contribution in [2.75, 3.05) is 5.32 Å². The van der Waals surface area contributed by atoms with Crippen LogP contribution < -0.4 is 5.32 Å². The van der Waals surface area contributed by atoms with Crippen LogP contribution >= 0.6 is 11.3 Å². The normalized spacial score (nSPS) is 10.5. The Morgan fingerprint density at radius 1 is 1.09 bits per heavy atom. The molecule has 1 amide bonds. The first kappa shape index (κ1) is 14.5. The largest absolute Gasteiger partial charge is 0.322 e. The number of rotatable bonds is 3. The summed E-state index contributed by atoms with van der Waals surface area (Å²) in [5.41, 5.74) is 4.45. The predicted molar refractivity (Wildman–Crippen MR) is 91.4 cm³/mol. The molecule has 0 aliphatic heterocycles. The summed E-state index contributed by atoms with van der Waals surface area (Å²) in [7, 11) is 0. The van der Waals surface area contributed by atoms with Gasteiger partial charge in [0.1, 0.15) is 0 Å². The lowest BCUT2D eigenvalue weighted by Gasteiger charge is -2.07. The Bertz CT molecular complexity index is 823. The van der Waals surface area contributed by atoms with Crippen molar-refractivity contribution in [3.8, 4) is 11.3 Å². The number of hydrogen-bond donors (Lipinski definition) is 1. The molecule has 0 bridgehead atoms. The van der Waals surface area contributed by atoms with Crippen LogP contribution in [0.2, 0.25) is 0 Å². The van der Waals surface area contributed by atoms with Crippen molar-refractivity contribution in [1.82, 2.24) is 4.98 Å². The van der Waals surface area contributed by atoms with Crippen molar-refractivity contribution in [3.05, 3.63) is 70.0 Å². The summed E-state index contributed by atoms with van der Waals surface area (Å²) in [4.78, 5) is 16.8. The molecule has 110 valence electrons. The monoisotopic (exact) mass is 308 g/mol.